The second kappa shape index (κ2) is 14.1. The van der Waals surface area contributed by atoms with E-state index in [-0.39, 0.29) is 11.6 Å². The predicted molar refractivity (Wildman–Crippen MR) is 139 cm³/mol. The Bertz CT molecular complexity index is 1110. The lowest BCUT2D eigenvalue weighted by Gasteiger charge is -2.09. The zero-order valence-corrected chi connectivity index (χ0v) is 19.6. The smallest absolute Gasteiger partial charge is 0.195 e. The number of carbonyl (C=O) groups is 2. The molecule has 0 radical (unpaired) electrons. The van der Waals surface area contributed by atoms with E-state index in [1.54, 1.807) is 48.5 Å². The summed E-state index contributed by atoms with van der Waals surface area (Å²) in [6.45, 7) is 7.50. The Kier molecular flexibility index (Phi) is 10.9. The molecule has 0 aliphatic carbocycles. The lowest BCUT2D eigenvalue weighted by atomic mass is 10.0. The summed E-state index contributed by atoms with van der Waals surface area (Å²) in [6.07, 6.45) is -1.08. The van der Waals surface area contributed by atoms with Gasteiger partial charge in [0, 0.05) is 16.7 Å². The maximum Gasteiger partial charge on any atom is 0.195 e. The zero-order valence-electron chi connectivity index (χ0n) is 19.6. The van der Waals surface area contributed by atoms with Crippen molar-refractivity contribution in [2.45, 2.75) is 20.0 Å². The van der Waals surface area contributed by atoms with Gasteiger partial charge in [0.2, 0.25) is 0 Å². The van der Waals surface area contributed by atoms with Gasteiger partial charge < -0.3 is 5.11 Å². The van der Waals surface area contributed by atoms with Crippen LogP contribution in [0.15, 0.2) is 133 Å². The van der Waals surface area contributed by atoms with Gasteiger partial charge in [-0.15, -0.1) is 6.58 Å². The van der Waals surface area contributed by atoms with Crippen LogP contribution in [0.3, 0.4) is 0 Å². The third kappa shape index (κ3) is 8.81. The van der Waals surface area contributed by atoms with Crippen molar-refractivity contribution in [3.05, 3.63) is 156 Å². The summed E-state index contributed by atoms with van der Waals surface area (Å²) in [6, 6.07) is 36.4. The van der Waals surface area contributed by atoms with Gasteiger partial charge in [-0.05, 0) is 19.4 Å². The van der Waals surface area contributed by atoms with Crippen molar-refractivity contribution in [2.24, 2.45) is 0 Å². The molecule has 0 bridgehead atoms. The van der Waals surface area contributed by atoms with Gasteiger partial charge in [-0.2, -0.15) is 0 Å². The number of aliphatic hydroxyl groups is 1. The van der Waals surface area contributed by atoms with Gasteiger partial charge in [-0.25, -0.2) is 0 Å². The van der Waals surface area contributed by atoms with Gasteiger partial charge in [0.15, 0.2) is 11.6 Å². The highest BCUT2D eigenvalue weighted by Crippen LogP contribution is 2.17. The fraction of sp³-hybridized carbons (Fsp3) is 0.0968. The second-order valence-corrected chi connectivity index (χ2v) is 7.81. The van der Waals surface area contributed by atoms with Crippen LogP contribution in [-0.4, -0.2) is 16.7 Å². The Morgan fingerprint density at radius 1 is 0.588 bits per heavy atom. The number of hydrogen-bond donors (Lipinski definition) is 1. The Morgan fingerprint density at radius 2 is 0.882 bits per heavy atom. The van der Waals surface area contributed by atoms with E-state index in [9.17, 15) is 14.7 Å². The van der Waals surface area contributed by atoms with E-state index in [0.29, 0.717) is 11.1 Å². The monoisotopic (exact) mass is 450 g/mol. The number of allylic oxidation sites excluding steroid dienone is 1. The number of benzene rings is 4. The van der Waals surface area contributed by atoms with Gasteiger partial charge in [-0.1, -0.05) is 127 Å². The molecule has 3 heteroatoms. The van der Waals surface area contributed by atoms with Crippen LogP contribution >= 0.6 is 0 Å². The van der Waals surface area contributed by atoms with Gasteiger partial charge in [0.05, 0.1) is 0 Å². The highest BCUT2D eigenvalue weighted by atomic mass is 16.3. The summed E-state index contributed by atoms with van der Waals surface area (Å²) in [4.78, 5) is 23.7. The maximum absolute atomic E-state index is 11.9. The van der Waals surface area contributed by atoms with Crippen LogP contribution in [0.25, 0.3) is 0 Å². The van der Waals surface area contributed by atoms with E-state index < -0.39 is 6.10 Å². The number of carbonyl (C=O) groups excluding carboxylic acids is 2. The van der Waals surface area contributed by atoms with Crippen LogP contribution in [0.1, 0.15) is 51.8 Å². The van der Waals surface area contributed by atoms with Gasteiger partial charge >= 0.3 is 0 Å². The molecule has 0 heterocycles. The Labute approximate surface area is 202 Å². The normalized spacial score (nSPS) is 10.4. The average Bonchev–Trinajstić information content (AvgIpc) is 2.89. The summed E-state index contributed by atoms with van der Waals surface area (Å²) >= 11 is 0. The van der Waals surface area contributed by atoms with Crippen LogP contribution < -0.4 is 0 Å². The molecule has 4 aromatic carbocycles. The minimum Gasteiger partial charge on any atom is -0.380 e. The van der Waals surface area contributed by atoms with Crippen molar-refractivity contribution in [2.75, 3.05) is 0 Å². The van der Waals surface area contributed by atoms with E-state index in [2.05, 4.69) is 6.58 Å². The Hall–Kier alpha value is -4.08. The van der Waals surface area contributed by atoms with E-state index in [1.807, 2.05) is 86.6 Å². The number of rotatable bonds is 5. The maximum atomic E-state index is 11.9. The minimum absolute atomic E-state index is 0.0752. The van der Waals surface area contributed by atoms with Crippen molar-refractivity contribution in [1.29, 1.82) is 0 Å². The molecule has 1 unspecified atom stereocenters. The molecule has 0 saturated carbocycles. The van der Waals surface area contributed by atoms with Crippen molar-refractivity contribution >= 4 is 11.6 Å². The Balaban J connectivity index is 0.000000209. The predicted octanol–water partition coefficient (Wildman–Crippen LogP) is 7.10. The fourth-order valence-electron chi connectivity index (χ4n) is 2.89. The molecule has 34 heavy (non-hydrogen) atoms. The molecule has 0 fully saturated rings. The van der Waals surface area contributed by atoms with Gasteiger partial charge in [0.1, 0.15) is 6.10 Å². The molecule has 4 aromatic rings. The molecule has 172 valence electrons. The molecule has 0 saturated heterocycles. The quantitative estimate of drug-likeness (QED) is 0.260. The number of aliphatic hydroxyl groups excluding tert-OH is 1. The van der Waals surface area contributed by atoms with Crippen molar-refractivity contribution in [3.8, 4) is 0 Å². The van der Waals surface area contributed by atoms with Crippen LogP contribution in [0.5, 0.6) is 0 Å². The molecule has 4 rings (SSSR count). The van der Waals surface area contributed by atoms with E-state index in [0.717, 1.165) is 11.1 Å². The first-order valence-electron chi connectivity index (χ1n) is 11.0. The first kappa shape index (κ1) is 26.2. The summed E-state index contributed by atoms with van der Waals surface area (Å²) in [7, 11) is 0. The Morgan fingerprint density at radius 3 is 1.24 bits per heavy atom. The minimum atomic E-state index is -1.08. The van der Waals surface area contributed by atoms with Crippen LogP contribution in [-0.2, 0) is 0 Å². The second-order valence-electron chi connectivity index (χ2n) is 7.81. The molecule has 0 aliphatic rings. The SMILES string of the molecule is C=C(C)C.O=C(c1ccccc1)C(O)c1ccccc1.O=C(c1ccccc1)c1ccccc1. The molecule has 0 aliphatic heterocycles. The standard InChI is InChI=1S/C14H12O2.C13H10O.C4H8/c15-13(11-7-3-1-4-8-11)14(16)12-9-5-2-6-10-12;14-13(11-7-3-1-4-8-11)12-9-5-2-6-10-12;1-4(2)3/h1-10,13,15H;1-10H;1H2,2-3H3. The van der Waals surface area contributed by atoms with Crippen molar-refractivity contribution in [3.63, 3.8) is 0 Å². The van der Waals surface area contributed by atoms with Crippen LogP contribution in [0.2, 0.25) is 0 Å². The number of hydrogen-bond acceptors (Lipinski definition) is 3. The highest BCUT2D eigenvalue weighted by molar-refractivity contribution is 6.08. The lowest BCUT2D eigenvalue weighted by molar-refractivity contribution is 0.0747. The third-order valence-electron chi connectivity index (χ3n) is 4.49. The number of ketones is 2. The number of Topliss-reactive ketones (excluding diaryl/α,β-unsaturated/α-hetero) is 1. The average molecular weight is 451 g/mol. The molecule has 1 N–H and O–H groups in total. The van der Waals surface area contributed by atoms with Crippen LogP contribution in [0, 0.1) is 0 Å². The molecule has 0 aromatic heterocycles. The molecular formula is C31H30O3. The molecule has 1 atom stereocenters. The largest absolute Gasteiger partial charge is 0.380 e. The fourth-order valence-corrected chi connectivity index (χ4v) is 2.89. The van der Waals surface area contributed by atoms with Crippen molar-refractivity contribution in [1.82, 2.24) is 0 Å². The van der Waals surface area contributed by atoms with E-state index >= 15 is 0 Å². The summed E-state index contributed by atoms with van der Waals surface area (Å²) < 4.78 is 0. The molecule has 3 nitrogen and oxygen atoms in total. The topological polar surface area (TPSA) is 54.4 Å². The zero-order chi connectivity index (χ0) is 24.8. The van der Waals surface area contributed by atoms with Crippen molar-refractivity contribution < 1.29 is 14.7 Å². The summed E-state index contributed by atoms with van der Waals surface area (Å²) in [5.74, 6) is -0.196. The van der Waals surface area contributed by atoms with Gasteiger partial charge in [-0.3, -0.25) is 9.59 Å². The highest BCUT2D eigenvalue weighted by Gasteiger charge is 2.18. The lowest BCUT2D eigenvalue weighted by Crippen LogP contribution is -2.11. The molecule has 0 amide bonds. The summed E-state index contributed by atoms with van der Waals surface area (Å²) in [5, 5.41) is 9.89. The van der Waals surface area contributed by atoms with E-state index in [1.165, 1.54) is 5.57 Å². The molecule has 0 spiro atoms. The summed E-state index contributed by atoms with van der Waals surface area (Å²) in [5.41, 5.74) is 3.78. The van der Waals surface area contributed by atoms with Gasteiger partial charge in [0.25, 0.3) is 0 Å². The third-order valence-corrected chi connectivity index (χ3v) is 4.49. The van der Waals surface area contributed by atoms with E-state index in [4.69, 9.17) is 0 Å². The first-order valence-corrected chi connectivity index (χ1v) is 11.0. The first-order chi connectivity index (χ1) is 16.4. The van der Waals surface area contributed by atoms with Crippen LogP contribution in [0.4, 0.5) is 0 Å². The molecular weight excluding hydrogens is 420 g/mol.